The normalized spacial score (nSPS) is 20.4. The van der Waals surface area contributed by atoms with E-state index < -0.39 is 12.0 Å². The van der Waals surface area contributed by atoms with Gasteiger partial charge in [-0.15, -0.1) is 0 Å². The van der Waals surface area contributed by atoms with Gasteiger partial charge in [0.2, 0.25) is 5.91 Å². The molecule has 6 heteroatoms. The van der Waals surface area contributed by atoms with E-state index in [9.17, 15) is 4.79 Å². The summed E-state index contributed by atoms with van der Waals surface area (Å²) in [5.74, 6) is 0.368. The van der Waals surface area contributed by atoms with Crippen molar-refractivity contribution in [2.24, 2.45) is 5.73 Å². The lowest BCUT2D eigenvalue weighted by Crippen LogP contribution is -2.49. The molecule has 1 fully saturated rings. The average molecular weight is 236 g/mol. The van der Waals surface area contributed by atoms with E-state index in [0.717, 1.165) is 17.2 Å². The quantitative estimate of drug-likeness (QED) is 0.768. The molecule has 0 bridgehead atoms. The van der Waals surface area contributed by atoms with Crippen molar-refractivity contribution in [2.45, 2.75) is 20.0 Å². The van der Waals surface area contributed by atoms with Crippen molar-refractivity contribution in [2.75, 3.05) is 24.6 Å². The molecule has 1 aromatic heterocycles. The van der Waals surface area contributed by atoms with E-state index in [1.54, 1.807) is 6.20 Å². The Morgan fingerprint density at radius 1 is 1.59 bits per heavy atom. The van der Waals surface area contributed by atoms with Crippen LogP contribution in [-0.4, -0.2) is 41.7 Å². The van der Waals surface area contributed by atoms with Crippen molar-refractivity contribution < 1.29 is 9.53 Å². The zero-order chi connectivity index (χ0) is 12.4. The number of primary amides is 1. The highest BCUT2D eigenvalue weighted by molar-refractivity contribution is 5.79. The fraction of sp³-hybridized carbons (Fsp3) is 0.545. The maximum absolute atomic E-state index is 11.1. The lowest BCUT2D eigenvalue weighted by Gasteiger charge is -2.32. The Hall–Kier alpha value is -1.69. The van der Waals surface area contributed by atoms with Gasteiger partial charge in [-0.3, -0.25) is 9.78 Å². The molecular weight excluding hydrogens is 220 g/mol. The number of hydrogen-bond acceptors (Lipinski definition) is 5. The zero-order valence-electron chi connectivity index (χ0n) is 10.0. The molecule has 0 radical (unpaired) electrons. The number of aryl methyl sites for hydroxylation is 2. The minimum absolute atomic E-state index is 0.437. The number of hydrogen-bond donors (Lipinski definition) is 1. The smallest absolute Gasteiger partial charge is 0.248 e. The van der Waals surface area contributed by atoms with Crippen molar-refractivity contribution in [3.05, 3.63) is 17.6 Å². The minimum Gasteiger partial charge on any atom is -0.367 e. The van der Waals surface area contributed by atoms with E-state index in [1.807, 2.05) is 18.7 Å². The fourth-order valence-electron chi connectivity index (χ4n) is 1.84. The predicted octanol–water partition coefficient (Wildman–Crippen LogP) is -0.216. The molecule has 1 aliphatic heterocycles. The highest BCUT2D eigenvalue weighted by Gasteiger charge is 2.26. The summed E-state index contributed by atoms with van der Waals surface area (Å²) >= 11 is 0. The third-order valence-electron chi connectivity index (χ3n) is 2.73. The van der Waals surface area contributed by atoms with Gasteiger partial charge >= 0.3 is 0 Å². The van der Waals surface area contributed by atoms with Gasteiger partial charge in [-0.05, 0) is 13.8 Å². The molecule has 92 valence electrons. The molecule has 0 spiro atoms. The van der Waals surface area contributed by atoms with Crippen LogP contribution in [0.15, 0.2) is 6.20 Å². The summed E-state index contributed by atoms with van der Waals surface area (Å²) in [7, 11) is 0. The number of nitrogens with zero attached hydrogens (tertiary/aromatic N) is 3. The summed E-state index contributed by atoms with van der Waals surface area (Å²) in [6.07, 6.45) is 1.16. The van der Waals surface area contributed by atoms with Gasteiger partial charge in [0.15, 0.2) is 11.9 Å². The molecular formula is C11H16N4O2. The summed E-state index contributed by atoms with van der Waals surface area (Å²) < 4.78 is 5.30. The van der Waals surface area contributed by atoms with Gasteiger partial charge in [-0.25, -0.2) is 4.98 Å². The van der Waals surface area contributed by atoms with Crippen molar-refractivity contribution in [1.29, 1.82) is 0 Å². The number of amides is 1. The second-order valence-electron chi connectivity index (χ2n) is 4.13. The second kappa shape index (κ2) is 4.67. The molecule has 0 saturated carbocycles. The van der Waals surface area contributed by atoms with Crippen molar-refractivity contribution >= 4 is 11.7 Å². The van der Waals surface area contributed by atoms with Crippen LogP contribution < -0.4 is 10.6 Å². The molecule has 1 unspecified atom stereocenters. The molecule has 17 heavy (non-hydrogen) atoms. The van der Waals surface area contributed by atoms with Crippen LogP contribution in [0.3, 0.4) is 0 Å². The van der Waals surface area contributed by atoms with Crippen LogP contribution in [0.25, 0.3) is 0 Å². The van der Waals surface area contributed by atoms with E-state index in [1.165, 1.54) is 0 Å². The Balaban J connectivity index is 2.21. The lowest BCUT2D eigenvalue weighted by atomic mass is 10.2. The van der Waals surface area contributed by atoms with Crippen molar-refractivity contribution in [3.8, 4) is 0 Å². The first-order chi connectivity index (χ1) is 8.08. The highest BCUT2D eigenvalue weighted by atomic mass is 16.5. The fourth-order valence-corrected chi connectivity index (χ4v) is 1.84. The van der Waals surface area contributed by atoms with E-state index in [2.05, 4.69) is 9.97 Å². The number of ether oxygens (including phenoxy) is 1. The third-order valence-corrected chi connectivity index (χ3v) is 2.73. The number of anilines is 1. The maximum Gasteiger partial charge on any atom is 0.248 e. The van der Waals surface area contributed by atoms with Gasteiger partial charge in [0.1, 0.15) is 0 Å². The van der Waals surface area contributed by atoms with Crippen LogP contribution >= 0.6 is 0 Å². The zero-order valence-corrected chi connectivity index (χ0v) is 10.0. The molecule has 1 saturated heterocycles. The third kappa shape index (κ3) is 2.52. The van der Waals surface area contributed by atoms with Crippen LogP contribution in [-0.2, 0) is 9.53 Å². The summed E-state index contributed by atoms with van der Waals surface area (Å²) in [6.45, 7) is 5.40. The second-order valence-corrected chi connectivity index (χ2v) is 4.13. The van der Waals surface area contributed by atoms with E-state index in [0.29, 0.717) is 19.7 Å². The first-order valence-corrected chi connectivity index (χ1v) is 5.54. The van der Waals surface area contributed by atoms with Crippen LogP contribution in [0, 0.1) is 13.8 Å². The van der Waals surface area contributed by atoms with E-state index >= 15 is 0 Å². The highest BCUT2D eigenvalue weighted by Crippen LogP contribution is 2.18. The Labute approximate surface area is 99.8 Å². The molecule has 2 rings (SSSR count). The first-order valence-electron chi connectivity index (χ1n) is 5.54. The molecule has 1 atom stereocenters. The maximum atomic E-state index is 11.1. The monoisotopic (exact) mass is 236 g/mol. The average Bonchev–Trinajstić information content (AvgIpc) is 2.32. The Morgan fingerprint density at radius 2 is 2.35 bits per heavy atom. The van der Waals surface area contributed by atoms with Crippen molar-refractivity contribution in [1.82, 2.24) is 9.97 Å². The van der Waals surface area contributed by atoms with E-state index in [-0.39, 0.29) is 0 Å². The molecule has 1 aliphatic rings. The molecule has 1 amide bonds. The standard InChI is InChI=1S/C11H16N4O2/c1-7-5-13-8(2)11(14-7)15-3-4-17-9(6-15)10(12)16/h5,9H,3-4,6H2,1-2H3,(H2,12,16). The van der Waals surface area contributed by atoms with Gasteiger partial charge < -0.3 is 15.4 Å². The van der Waals surface area contributed by atoms with Gasteiger partial charge in [-0.2, -0.15) is 0 Å². The SMILES string of the molecule is Cc1cnc(C)c(N2CCOC(C(N)=O)C2)n1. The summed E-state index contributed by atoms with van der Waals surface area (Å²) in [6, 6.07) is 0. The van der Waals surface area contributed by atoms with Crippen LogP contribution in [0.5, 0.6) is 0 Å². The summed E-state index contributed by atoms with van der Waals surface area (Å²) in [4.78, 5) is 21.8. The summed E-state index contributed by atoms with van der Waals surface area (Å²) in [5.41, 5.74) is 6.95. The van der Waals surface area contributed by atoms with Crippen LogP contribution in [0.4, 0.5) is 5.82 Å². The topological polar surface area (TPSA) is 81.3 Å². The molecule has 1 aromatic rings. The number of carbonyl (C=O) groups excluding carboxylic acids is 1. The van der Waals surface area contributed by atoms with Crippen LogP contribution in [0.2, 0.25) is 0 Å². The molecule has 6 nitrogen and oxygen atoms in total. The number of nitrogens with two attached hydrogens (primary N) is 1. The van der Waals surface area contributed by atoms with Gasteiger partial charge in [0, 0.05) is 12.7 Å². The Kier molecular flexibility index (Phi) is 3.23. The Morgan fingerprint density at radius 3 is 3.06 bits per heavy atom. The Bertz CT molecular complexity index is 435. The molecule has 0 aromatic carbocycles. The number of aromatic nitrogens is 2. The minimum atomic E-state index is -0.564. The molecule has 2 N–H and O–H groups in total. The van der Waals surface area contributed by atoms with E-state index in [4.69, 9.17) is 10.5 Å². The lowest BCUT2D eigenvalue weighted by molar-refractivity contribution is -0.130. The van der Waals surface area contributed by atoms with Gasteiger partial charge in [-0.1, -0.05) is 0 Å². The number of rotatable bonds is 2. The largest absolute Gasteiger partial charge is 0.367 e. The molecule has 2 heterocycles. The number of morpholine rings is 1. The molecule has 0 aliphatic carbocycles. The number of carbonyl (C=O) groups is 1. The predicted molar refractivity (Wildman–Crippen MR) is 62.7 cm³/mol. The first kappa shape index (κ1) is 11.8. The van der Waals surface area contributed by atoms with Crippen molar-refractivity contribution in [3.63, 3.8) is 0 Å². The summed E-state index contributed by atoms with van der Waals surface area (Å²) in [5, 5.41) is 0. The van der Waals surface area contributed by atoms with Gasteiger partial charge in [0.05, 0.1) is 24.5 Å². The van der Waals surface area contributed by atoms with Crippen LogP contribution in [0.1, 0.15) is 11.4 Å². The van der Waals surface area contributed by atoms with Gasteiger partial charge in [0.25, 0.3) is 0 Å².